The Bertz CT molecular complexity index is 345. The van der Waals surface area contributed by atoms with Crippen molar-refractivity contribution in [2.24, 2.45) is 0 Å². The quantitative estimate of drug-likeness (QED) is 0.525. The molecule has 18 heavy (non-hydrogen) atoms. The Kier molecular flexibility index (Phi) is 10.5. The normalized spacial score (nSPS) is 9.78. The zero-order valence-corrected chi connectivity index (χ0v) is 15.5. The van der Waals surface area contributed by atoms with E-state index in [-0.39, 0.29) is 51.4 Å². The number of ether oxygens (including phenoxy) is 1. The van der Waals surface area contributed by atoms with Crippen LogP contribution in [0.2, 0.25) is 0 Å². The van der Waals surface area contributed by atoms with Gasteiger partial charge in [0, 0.05) is 12.7 Å². The third-order valence-corrected chi connectivity index (χ3v) is 2.72. The minimum atomic E-state index is 0. The van der Waals surface area contributed by atoms with Crippen LogP contribution in [-0.2, 0) is 0 Å². The van der Waals surface area contributed by atoms with E-state index in [1.165, 1.54) is 11.3 Å². The summed E-state index contributed by atoms with van der Waals surface area (Å²) in [4.78, 5) is 2.22. The predicted octanol–water partition coefficient (Wildman–Crippen LogP) is 0.228. The molecule has 1 aromatic rings. The van der Waals surface area contributed by atoms with Crippen molar-refractivity contribution >= 4 is 5.69 Å². The largest absolute Gasteiger partial charge is 1.00 e. The van der Waals surface area contributed by atoms with Crippen molar-refractivity contribution in [1.82, 2.24) is 0 Å². The molecule has 0 radical (unpaired) electrons. The van der Waals surface area contributed by atoms with E-state index in [9.17, 15) is 0 Å². The first kappa shape index (κ1) is 18.4. The van der Waals surface area contributed by atoms with Gasteiger partial charge in [0.2, 0.25) is 0 Å². The molecule has 0 aliphatic rings. The molecule has 0 N–H and O–H groups in total. The average Bonchev–Trinajstić information content (AvgIpc) is 2.32. The van der Waals surface area contributed by atoms with Gasteiger partial charge in [-0.25, -0.2) is 0 Å². The van der Waals surface area contributed by atoms with Crippen LogP contribution in [0.5, 0.6) is 5.75 Å². The van der Waals surface area contributed by atoms with Gasteiger partial charge in [-0.2, -0.15) is 6.54 Å². The van der Waals surface area contributed by atoms with Crippen LogP contribution in [0.1, 0.15) is 19.4 Å². The first-order chi connectivity index (χ1) is 8.19. The van der Waals surface area contributed by atoms with Crippen LogP contribution in [0.3, 0.4) is 0 Å². The van der Waals surface area contributed by atoms with Gasteiger partial charge in [-0.1, -0.05) is 6.92 Å². The summed E-state index contributed by atoms with van der Waals surface area (Å²) < 4.78 is 5.53. The van der Waals surface area contributed by atoms with Crippen LogP contribution in [0.25, 0.3) is 5.32 Å². The molecule has 0 fully saturated rings. The van der Waals surface area contributed by atoms with Gasteiger partial charge in [0.1, 0.15) is 5.75 Å². The summed E-state index contributed by atoms with van der Waals surface area (Å²) in [6.07, 6.45) is 0. The van der Waals surface area contributed by atoms with E-state index in [0.717, 1.165) is 25.4 Å². The second-order valence-corrected chi connectivity index (χ2v) is 4.07. The van der Waals surface area contributed by atoms with Crippen molar-refractivity contribution < 1.29 is 56.1 Å². The summed E-state index contributed by atoms with van der Waals surface area (Å²) in [7, 11) is 2.10. The maximum absolute atomic E-state index is 5.53. The number of aryl methyl sites for hydroxylation is 1. The third kappa shape index (κ3) is 6.04. The van der Waals surface area contributed by atoms with Gasteiger partial charge in [-0.15, -0.1) is 6.54 Å². The molecule has 1 aromatic carbocycles. The van der Waals surface area contributed by atoms with Crippen molar-refractivity contribution in [2.45, 2.75) is 20.8 Å². The Morgan fingerprint density at radius 3 is 2.56 bits per heavy atom. The second-order valence-electron chi connectivity index (χ2n) is 4.07. The molecule has 0 aliphatic heterocycles. The molecular weight excluding hydrogens is 251 g/mol. The van der Waals surface area contributed by atoms with Gasteiger partial charge in [0.15, 0.2) is 0 Å². The van der Waals surface area contributed by atoms with E-state index < -0.39 is 0 Å². The molecule has 0 atom stereocenters. The zero-order valence-electron chi connectivity index (χ0n) is 12.4. The molecule has 0 bridgehead atoms. The number of nitrogens with zero attached hydrogens (tertiary/aromatic N) is 2. The van der Waals surface area contributed by atoms with Crippen molar-refractivity contribution in [3.63, 3.8) is 0 Å². The van der Waals surface area contributed by atoms with Crippen molar-refractivity contribution in [2.75, 3.05) is 38.2 Å². The standard InChI is InChI=1S/C14H23N2O.K/c1-5-15-9-10-16(4)13-7-8-14(17-6-2)12(3)11-13;/h7-8,11H,5-6,9-10H2,1-4H3;/q-1;+1. The van der Waals surface area contributed by atoms with Gasteiger partial charge in [-0.3, -0.25) is 0 Å². The molecule has 0 spiro atoms. The van der Waals surface area contributed by atoms with E-state index >= 15 is 0 Å². The van der Waals surface area contributed by atoms with Gasteiger partial charge < -0.3 is 15.0 Å². The van der Waals surface area contributed by atoms with Gasteiger partial charge in [0.05, 0.1) is 6.61 Å². The Hall–Kier alpha value is 0.416. The van der Waals surface area contributed by atoms with E-state index in [4.69, 9.17) is 4.74 Å². The van der Waals surface area contributed by atoms with Crippen LogP contribution in [0.4, 0.5) is 5.69 Å². The van der Waals surface area contributed by atoms with Crippen LogP contribution >= 0.6 is 0 Å². The number of anilines is 1. The van der Waals surface area contributed by atoms with Crippen molar-refractivity contribution in [3.8, 4) is 5.75 Å². The molecule has 0 amide bonds. The van der Waals surface area contributed by atoms with Gasteiger partial charge >= 0.3 is 51.4 Å². The summed E-state index contributed by atoms with van der Waals surface area (Å²) in [5.41, 5.74) is 2.40. The smallest absolute Gasteiger partial charge is 0.661 e. The maximum atomic E-state index is 5.53. The molecule has 0 unspecified atom stereocenters. The monoisotopic (exact) mass is 274 g/mol. The molecule has 4 heteroatoms. The fourth-order valence-electron chi connectivity index (χ4n) is 1.70. The molecule has 0 heterocycles. The topological polar surface area (TPSA) is 26.6 Å². The number of likely N-dealkylation sites (N-methyl/N-ethyl adjacent to an activating group) is 2. The van der Waals surface area contributed by atoms with Crippen LogP contribution in [0, 0.1) is 6.92 Å². The minimum Gasteiger partial charge on any atom is -0.661 e. The number of rotatable bonds is 7. The SMILES string of the molecule is CC[N-]CCN(C)c1ccc(OCC)c(C)c1.[K+]. The van der Waals surface area contributed by atoms with Crippen LogP contribution in [-0.4, -0.2) is 33.3 Å². The van der Waals surface area contributed by atoms with Gasteiger partial charge in [-0.05, 0) is 44.2 Å². The first-order valence-corrected chi connectivity index (χ1v) is 6.26. The Balaban J connectivity index is 0.00000289. The fourth-order valence-corrected chi connectivity index (χ4v) is 1.70. The minimum absolute atomic E-state index is 0. The maximum Gasteiger partial charge on any atom is 1.00 e. The number of hydrogen-bond donors (Lipinski definition) is 0. The second kappa shape index (κ2) is 10.2. The summed E-state index contributed by atoms with van der Waals surface area (Å²) in [5, 5.41) is 4.34. The molecule has 0 aromatic heterocycles. The molecule has 3 nitrogen and oxygen atoms in total. The molecular formula is C14H23KN2O. The number of benzene rings is 1. The van der Waals surface area contributed by atoms with Crippen molar-refractivity contribution in [1.29, 1.82) is 0 Å². The van der Waals surface area contributed by atoms with Crippen LogP contribution < -0.4 is 61.0 Å². The van der Waals surface area contributed by atoms with E-state index in [0.29, 0.717) is 6.61 Å². The Morgan fingerprint density at radius 2 is 2.00 bits per heavy atom. The number of hydrogen-bond acceptors (Lipinski definition) is 2. The summed E-state index contributed by atoms with van der Waals surface area (Å²) >= 11 is 0. The van der Waals surface area contributed by atoms with E-state index in [2.05, 4.69) is 43.2 Å². The molecule has 0 aliphatic carbocycles. The predicted molar refractivity (Wildman–Crippen MR) is 74.4 cm³/mol. The first-order valence-electron chi connectivity index (χ1n) is 6.26. The summed E-state index contributed by atoms with van der Waals surface area (Å²) in [6, 6.07) is 6.31. The van der Waals surface area contributed by atoms with E-state index in [1.54, 1.807) is 0 Å². The third-order valence-electron chi connectivity index (χ3n) is 2.72. The Morgan fingerprint density at radius 1 is 1.28 bits per heavy atom. The van der Waals surface area contributed by atoms with E-state index in [1.807, 2.05) is 13.0 Å². The molecule has 96 valence electrons. The van der Waals surface area contributed by atoms with Crippen LogP contribution in [0.15, 0.2) is 18.2 Å². The fraction of sp³-hybridized carbons (Fsp3) is 0.571. The summed E-state index contributed by atoms with van der Waals surface area (Å²) in [5.74, 6) is 0.975. The van der Waals surface area contributed by atoms with Crippen molar-refractivity contribution in [3.05, 3.63) is 29.1 Å². The van der Waals surface area contributed by atoms with Gasteiger partial charge in [0.25, 0.3) is 0 Å². The molecule has 0 saturated heterocycles. The zero-order chi connectivity index (χ0) is 12.7. The average molecular weight is 274 g/mol. The summed E-state index contributed by atoms with van der Waals surface area (Å²) in [6.45, 7) is 9.62. The Labute approximate surface area is 154 Å². The molecule has 0 saturated carbocycles. The molecule has 1 rings (SSSR count).